The number of rotatable bonds is 8. The zero-order chi connectivity index (χ0) is 28.6. The molecule has 0 saturated carbocycles. The van der Waals surface area contributed by atoms with Crippen molar-refractivity contribution < 1.29 is 18.0 Å². The van der Waals surface area contributed by atoms with Gasteiger partial charge in [0.1, 0.15) is 0 Å². The number of aromatic amines is 1. The molecule has 4 rings (SSSR count). The zero-order valence-electron chi connectivity index (χ0n) is 23.6. The van der Waals surface area contributed by atoms with E-state index in [4.69, 9.17) is 9.42 Å². The first kappa shape index (κ1) is 28.8. The smallest absolute Gasteiger partial charge is 0.242 e. The quantitative estimate of drug-likeness (QED) is 0.182. The van der Waals surface area contributed by atoms with Crippen molar-refractivity contribution in [2.45, 2.75) is 50.4 Å². The molecule has 1 heterocycles. The summed E-state index contributed by atoms with van der Waals surface area (Å²) in [7, 11) is -2.55. The van der Waals surface area contributed by atoms with Crippen molar-refractivity contribution >= 4 is 40.6 Å². The molecule has 0 fully saturated rings. The van der Waals surface area contributed by atoms with Crippen molar-refractivity contribution in [1.82, 2.24) is 9.29 Å². The Morgan fingerprint density at radius 3 is 2.23 bits per heavy atom. The van der Waals surface area contributed by atoms with E-state index in [1.54, 1.807) is 12.1 Å². The molecule has 9 heteroatoms. The molecule has 1 aromatic heterocycles. The number of hydrogen-bond donors (Lipinski definition) is 2. The van der Waals surface area contributed by atoms with E-state index in [1.165, 1.54) is 24.5 Å². The zero-order valence-corrected chi connectivity index (χ0v) is 25.4. The third kappa shape index (κ3) is 6.01. The summed E-state index contributed by atoms with van der Waals surface area (Å²) in [4.78, 5) is 8.06. The van der Waals surface area contributed by atoms with Gasteiger partial charge in [0.2, 0.25) is 10.0 Å². The van der Waals surface area contributed by atoms with E-state index in [9.17, 15) is 13.5 Å². The maximum absolute atomic E-state index is 12.8. The number of aromatic hydroxyl groups is 1. The molecule has 4 aromatic rings. The predicted octanol–water partition coefficient (Wildman–Crippen LogP) is 6.81. The highest BCUT2D eigenvalue weighted by molar-refractivity contribution is 7.89. The number of H-pyrrole nitrogens is 1. The maximum atomic E-state index is 12.8. The lowest BCUT2D eigenvalue weighted by atomic mass is 10.0. The summed E-state index contributed by atoms with van der Waals surface area (Å²) in [6, 6.07) is 22.2. The van der Waals surface area contributed by atoms with Gasteiger partial charge in [-0.3, -0.25) is 0 Å². The molecule has 0 aliphatic heterocycles. The third-order valence-electron chi connectivity index (χ3n) is 7.40. The summed E-state index contributed by atoms with van der Waals surface area (Å²) in [6.45, 7) is 11.7. The minimum Gasteiger partial charge on any atom is -0.494 e. The average molecular weight is 564 g/mol. The topological polar surface area (TPSA) is 95.0 Å². The Hall–Kier alpha value is -3.24. The average Bonchev–Trinajstić information content (AvgIpc) is 3.21. The molecular weight excluding hydrogens is 527 g/mol. The van der Waals surface area contributed by atoms with Gasteiger partial charge in [-0.05, 0) is 54.0 Å². The summed E-state index contributed by atoms with van der Waals surface area (Å²) in [6.07, 6.45) is 0. The second-order valence-electron chi connectivity index (χ2n) is 11.4. The first-order valence-corrected chi connectivity index (χ1v) is 17.2. The van der Waals surface area contributed by atoms with Crippen molar-refractivity contribution in [2.24, 2.45) is 4.99 Å². The molecular formula is C30H37N3O4SSi. The number of hydrogen-bond acceptors (Lipinski definition) is 5. The van der Waals surface area contributed by atoms with Crippen LogP contribution in [0.4, 0.5) is 5.69 Å². The van der Waals surface area contributed by atoms with E-state index < -0.39 is 18.3 Å². The minimum atomic E-state index is -3.67. The molecule has 0 atom stereocenters. The van der Waals surface area contributed by atoms with Crippen LogP contribution in [0.15, 0.2) is 82.7 Å². The van der Waals surface area contributed by atoms with Gasteiger partial charge in [-0.25, -0.2) is 17.7 Å². The highest BCUT2D eigenvalue weighted by Crippen LogP contribution is 2.37. The summed E-state index contributed by atoms with van der Waals surface area (Å²) in [5.41, 5.74) is 4.15. The second kappa shape index (κ2) is 10.7. The molecule has 0 spiro atoms. The maximum Gasteiger partial charge on any atom is 0.242 e. The lowest BCUT2D eigenvalue weighted by Gasteiger charge is -2.36. The number of nitrogens with zero attached hydrogens (tertiary/aromatic N) is 2. The lowest BCUT2D eigenvalue weighted by molar-refractivity contribution is 0.276. The third-order valence-corrected chi connectivity index (χ3v) is 13.7. The summed E-state index contributed by atoms with van der Waals surface area (Å²) in [5.74, 6) is -0.0774. The van der Waals surface area contributed by atoms with Crippen molar-refractivity contribution in [1.29, 1.82) is 0 Å². The van der Waals surface area contributed by atoms with Crippen LogP contribution >= 0.6 is 0 Å². The second-order valence-corrected chi connectivity index (χ2v) is 18.3. The standard InChI is InChI=1S/C30H37N3O4SSi/c1-30(2,3)39(6,7)37-20-21-13-15-23(16-14-21)31-28(22-11-9-8-10-12-22)27-25-19-24(38(35,36)33(4)5)17-18-26(25)32-29(27)34/h8-19,32,34H,20H2,1-7H3. The van der Waals surface area contributed by atoms with E-state index in [0.29, 0.717) is 34.5 Å². The van der Waals surface area contributed by atoms with Gasteiger partial charge in [-0.2, -0.15) is 0 Å². The summed E-state index contributed by atoms with van der Waals surface area (Å²) in [5, 5.41) is 11.7. The van der Waals surface area contributed by atoms with Gasteiger partial charge in [0.15, 0.2) is 14.2 Å². The van der Waals surface area contributed by atoms with Crippen molar-refractivity contribution in [2.75, 3.05) is 14.1 Å². The fraction of sp³-hybridized carbons (Fsp3) is 0.300. The van der Waals surface area contributed by atoms with E-state index in [1.807, 2.05) is 54.6 Å². The van der Waals surface area contributed by atoms with Crippen LogP contribution in [0.3, 0.4) is 0 Å². The SMILES string of the molecule is CN(C)S(=O)(=O)c1ccc2[nH]c(O)c(C(=Nc3ccc(CO[Si](C)(C)C(C)(C)C)cc3)c3ccccc3)c2c1. The molecule has 0 radical (unpaired) electrons. The molecule has 206 valence electrons. The highest BCUT2D eigenvalue weighted by Gasteiger charge is 2.37. The monoisotopic (exact) mass is 563 g/mol. The number of benzene rings is 3. The number of aliphatic imine (C=N–C) groups is 1. The normalized spacial score (nSPS) is 13.4. The van der Waals surface area contributed by atoms with Crippen molar-refractivity contribution in [3.63, 3.8) is 0 Å². The Balaban J connectivity index is 1.78. The van der Waals surface area contributed by atoms with E-state index in [0.717, 1.165) is 11.1 Å². The van der Waals surface area contributed by atoms with E-state index in [-0.39, 0.29) is 15.8 Å². The van der Waals surface area contributed by atoms with E-state index in [2.05, 4.69) is 38.8 Å². The van der Waals surface area contributed by atoms with Gasteiger partial charge in [-0.15, -0.1) is 0 Å². The van der Waals surface area contributed by atoms with Crippen LogP contribution in [0.2, 0.25) is 18.1 Å². The lowest BCUT2D eigenvalue weighted by Crippen LogP contribution is -2.40. The molecule has 0 amide bonds. The van der Waals surface area contributed by atoms with Gasteiger partial charge < -0.3 is 14.5 Å². The molecule has 0 saturated heterocycles. The van der Waals surface area contributed by atoms with Crippen LogP contribution in [0, 0.1) is 0 Å². The van der Waals surface area contributed by atoms with Gasteiger partial charge in [0.25, 0.3) is 0 Å². The van der Waals surface area contributed by atoms with Gasteiger partial charge in [0.05, 0.1) is 28.5 Å². The minimum absolute atomic E-state index is 0.0774. The molecule has 3 aromatic carbocycles. The van der Waals surface area contributed by atoms with Crippen LogP contribution < -0.4 is 0 Å². The fourth-order valence-corrected chi connectivity index (χ4v) is 5.79. The van der Waals surface area contributed by atoms with Crippen LogP contribution in [0.25, 0.3) is 10.9 Å². The molecule has 2 N–H and O–H groups in total. The number of aromatic nitrogens is 1. The summed E-state index contributed by atoms with van der Waals surface area (Å²) >= 11 is 0. The van der Waals surface area contributed by atoms with Gasteiger partial charge >= 0.3 is 0 Å². The molecule has 0 aliphatic rings. The Labute approximate surface area is 232 Å². The Kier molecular flexibility index (Phi) is 7.91. The number of sulfonamides is 1. The van der Waals surface area contributed by atoms with E-state index >= 15 is 0 Å². The van der Waals surface area contributed by atoms with Gasteiger partial charge in [-0.1, -0.05) is 63.2 Å². The molecule has 0 aliphatic carbocycles. The van der Waals surface area contributed by atoms with Crippen molar-refractivity contribution in [3.05, 3.63) is 89.5 Å². The molecule has 39 heavy (non-hydrogen) atoms. The first-order chi connectivity index (χ1) is 18.2. The number of nitrogens with one attached hydrogen (secondary N) is 1. The molecule has 7 nitrogen and oxygen atoms in total. The van der Waals surface area contributed by atoms with Crippen LogP contribution in [0.5, 0.6) is 5.88 Å². The molecule has 0 unspecified atom stereocenters. The number of fused-ring (bicyclic) bond motifs is 1. The Morgan fingerprint density at radius 2 is 1.64 bits per heavy atom. The first-order valence-electron chi connectivity index (χ1n) is 12.9. The summed E-state index contributed by atoms with van der Waals surface area (Å²) < 4.78 is 33.2. The van der Waals surface area contributed by atoms with Gasteiger partial charge in [0, 0.05) is 30.6 Å². The fourth-order valence-electron chi connectivity index (χ4n) is 3.90. The highest BCUT2D eigenvalue weighted by atomic mass is 32.2. The van der Waals surface area contributed by atoms with Crippen LogP contribution in [0.1, 0.15) is 37.5 Å². The Morgan fingerprint density at radius 1 is 1.00 bits per heavy atom. The Bertz CT molecular complexity index is 1600. The van der Waals surface area contributed by atoms with Crippen LogP contribution in [-0.4, -0.2) is 50.9 Å². The van der Waals surface area contributed by atoms with Crippen LogP contribution in [-0.2, 0) is 21.1 Å². The predicted molar refractivity (Wildman–Crippen MR) is 161 cm³/mol. The molecule has 0 bridgehead atoms. The largest absolute Gasteiger partial charge is 0.494 e. The van der Waals surface area contributed by atoms with Crippen molar-refractivity contribution in [3.8, 4) is 5.88 Å².